The minimum Gasteiger partial charge on any atom is -0.287 e. The first-order valence-electron chi connectivity index (χ1n) is 5.78. The summed E-state index contributed by atoms with van der Waals surface area (Å²) in [5, 5.41) is 0. The van der Waals surface area contributed by atoms with Gasteiger partial charge in [0, 0.05) is 11.8 Å². The summed E-state index contributed by atoms with van der Waals surface area (Å²) >= 11 is 0. The average molecular weight is 225 g/mol. The number of rotatable bonds is 3. The first-order valence-corrected chi connectivity index (χ1v) is 5.78. The molecule has 0 radical (unpaired) electrons. The van der Waals surface area contributed by atoms with Gasteiger partial charge in [-0.1, -0.05) is 31.2 Å². The highest BCUT2D eigenvalue weighted by molar-refractivity contribution is 6.08. The van der Waals surface area contributed by atoms with Crippen molar-refractivity contribution in [2.75, 3.05) is 0 Å². The van der Waals surface area contributed by atoms with Crippen LogP contribution in [0.5, 0.6) is 0 Å². The van der Waals surface area contributed by atoms with Gasteiger partial charge >= 0.3 is 0 Å². The Balaban J connectivity index is 2.48. The van der Waals surface area contributed by atoms with Gasteiger partial charge in [0.25, 0.3) is 0 Å². The maximum atomic E-state index is 12.3. The van der Waals surface area contributed by atoms with Gasteiger partial charge in [0.2, 0.25) is 5.78 Å². The normalized spacial score (nSPS) is 10.2. The monoisotopic (exact) mass is 225 g/mol. The van der Waals surface area contributed by atoms with Crippen LogP contribution >= 0.6 is 0 Å². The third-order valence-corrected chi connectivity index (χ3v) is 2.91. The number of nitrogens with zero attached hydrogens (tertiary/aromatic N) is 1. The van der Waals surface area contributed by atoms with Crippen molar-refractivity contribution in [2.45, 2.75) is 20.3 Å². The molecule has 0 saturated carbocycles. The van der Waals surface area contributed by atoms with E-state index in [0.717, 1.165) is 23.1 Å². The lowest BCUT2D eigenvalue weighted by Crippen LogP contribution is -2.08. The van der Waals surface area contributed by atoms with E-state index in [9.17, 15) is 4.79 Å². The fourth-order valence-electron chi connectivity index (χ4n) is 2.02. The third kappa shape index (κ3) is 2.26. The highest BCUT2D eigenvalue weighted by Gasteiger charge is 2.14. The van der Waals surface area contributed by atoms with Crippen molar-refractivity contribution in [3.63, 3.8) is 0 Å². The largest absolute Gasteiger partial charge is 0.287 e. The summed E-state index contributed by atoms with van der Waals surface area (Å²) in [4.78, 5) is 16.4. The lowest BCUT2D eigenvalue weighted by atomic mass is 9.95. The smallest absolute Gasteiger partial charge is 0.211 e. The number of hydrogen-bond acceptors (Lipinski definition) is 2. The summed E-state index contributed by atoms with van der Waals surface area (Å²) in [6.45, 7) is 4.10. The number of carbonyl (C=O) groups excluding carboxylic acids is 1. The zero-order valence-electron chi connectivity index (χ0n) is 10.1. The predicted molar refractivity (Wildman–Crippen MR) is 68.2 cm³/mol. The molecule has 0 N–H and O–H groups in total. The minimum atomic E-state index is 0.00569. The van der Waals surface area contributed by atoms with Crippen molar-refractivity contribution in [1.29, 1.82) is 0 Å². The van der Waals surface area contributed by atoms with Crippen molar-refractivity contribution in [2.24, 2.45) is 0 Å². The third-order valence-electron chi connectivity index (χ3n) is 2.91. The Kier molecular flexibility index (Phi) is 3.33. The fourth-order valence-corrected chi connectivity index (χ4v) is 2.02. The molecule has 2 rings (SSSR count). The lowest BCUT2D eigenvalue weighted by molar-refractivity contribution is 0.103. The number of pyridine rings is 1. The first-order chi connectivity index (χ1) is 8.24. The molecule has 0 atom stereocenters. The molecule has 0 aliphatic rings. The van der Waals surface area contributed by atoms with Crippen LogP contribution in [0.1, 0.15) is 34.1 Å². The average Bonchev–Trinajstić information content (AvgIpc) is 2.38. The van der Waals surface area contributed by atoms with Crippen molar-refractivity contribution >= 4 is 5.78 Å². The van der Waals surface area contributed by atoms with Gasteiger partial charge in [0.05, 0.1) is 0 Å². The van der Waals surface area contributed by atoms with Crippen LogP contribution in [0.2, 0.25) is 0 Å². The second-order valence-electron chi connectivity index (χ2n) is 4.00. The van der Waals surface area contributed by atoms with E-state index >= 15 is 0 Å². The van der Waals surface area contributed by atoms with Gasteiger partial charge in [-0.2, -0.15) is 0 Å². The van der Waals surface area contributed by atoms with Gasteiger partial charge in [-0.25, -0.2) is 0 Å². The van der Waals surface area contributed by atoms with E-state index in [0.29, 0.717) is 5.69 Å². The summed E-state index contributed by atoms with van der Waals surface area (Å²) < 4.78 is 0. The molecule has 86 valence electrons. The van der Waals surface area contributed by atoms with Crippen LogP contribution in [-0.2, 0) is 6.42 Å². The van der Waals surface area contributed by atoms with Crippen molar-refractivity contribution in [3.8, 4) is 0 Å². The summed E-state index contributed by atoms with van der Waals surface area (Å²) in [7, 11) is 0. The zero-order valence-corrected chi connectivity index (χ0v) is 10.1. The molecule has 17 heavy (non-hydrogen) atoms. The molecule has 2 nitrogen and oxygen atoms in total. The van der Waals surface area contributed by atoms with Crippen molar-refractivity contribution in [3.05, 3.63) is 65.0 Å². The highest BCUT2D eigenvalue weighted by Crippen LogP contribution is 2.17. The quantitative estimate of drug-likeness (QED) is 0.751. The summed E-state index contributed by atoms with van der Waals surface area (Å²) in [5.41, 5.74) is 3.55. The number of aryl methyl sites for hydroxylation is 1. The van der Waals surface area contributed by atoms with E-state index in [1.165, 1.54) is 0 Å². The SMILES string of the molecule is CCc1c(C)cccc1C(=O)c1ccccn1. The Morgan fingerprint density at radius 1 is 1.18 bits per heavy atom. The van der Waals surface area contributed by atoms with Gasteiger partial charge in [-0.15, -0.1) is 0 Å². The van der Waals surface area contributed by atoms with Gasteiger partial charge < -0.3 is 0 Å². The first kappa shape index (κ1) is 11.5. The van der Waals surface area contributed by atoms with E-state index < -0.39 is 0 Å². The Morgan fingerprint density at radius 3 is 2.65 bits per heavy atom. The van der Waals surface area contributed by atoms with Gasteiger partial charge in [-0.3, -0.25) is 9.78 Å². The van der Waals surface area contributed by atoms with E-state index in [1.54, 1.807) is 12.3 Å². The Morgan fingerprint density at radius 2 is 2.00 bits per heavy atom. The van der Waals surface area contributed by atoms with Crippen LogP contribution in [0.15, 0.2) is 42.6 Å². The fraction of sp³-hybridized carbons (Fsp3) is 0.200. The standard InChI is InChI=1S/C15H15NO/c1-3-12-11(2)7-6-8-13(12)15(17)14-9-4-5-10-16-14/h4-10H,3H2,1-2H3. The number of ketones is 1. The van der Waals surface area contributed by atoms with Crippen LogP contribution < -0.4 is 0 Å². The topological polar surface area (TPSA) is 30.0 Å². The molecule has 0 bridgehead atoms. The molecule has 0 spiro atoms. The van der Waals surface area contributed by atoms with Crippen LogP contribution in [0.4, 0.5) is 0 Å². The molecule has 0 unspecified atom stereocenters. The van der Waals surface area contributed by atoms with Crippen LogP contribution in [0.25, 0.3) is 0 Å². The van der Waals surface area contributed by atoms with Gasteiger partial charge in [0.15, 0.2) is 0 Å². The van der Waals surface area contributed by atoms with Crippen LogP contribution in [0, 0.1) is 6.92 Å². The molecule has 0 fully saturated rings. The molecule has 1 aromatic heterocycles. The highest BCUT2D eigenvalue weighted by atomic mass is 16.1. The molecule has 0 amide bonds. The van der Waals surface area contributed by atoms with Gasteiger partial charge in [-0.05, 0) is 36.6 Å². The number of aromatic nitrogens is 1. The summed E-state index contributed by atoms with van der Waals surface area (Å²) in [6.07, 6.45) is 2.51. The van der Waals surface area contributed by atoms with E-state index in [-0.39, 0.29) is 5.78 Å². The summed E-state index contributed by atoms with van der Waals surface area (Å²) in [5.74, 6) is 0.00569. The number of hydrogen-bond donors (Lipinski definition) is 0. The Bertz CT molecular complexity index is 532. The molecule has 0 saturated heterocycles. The minimum absolute atomic E-state index is 0.00569. The number of benzene rings is 1. The maximum Gasteiger partial charge on any atom is 0.211 e. The Hall–Kier alpha value is -1.96. The van der Waals surface area contributed by atoms with Crippen LogP contribution in [0.3, 0.4) is 0 Å². The maximum absolute atomic E-state index is 12.3. The van der Waals surface area contributed by atoms with E-state index in [4.69, 9.17) is 0 Å². The van der Waals surface area contributed by atoms with Crippen molar-refractivity contribution in [1.82, 2.24) is 4.98 Å². The molecule has 2 heteroatoms. The predicted octanol–water partition coefficient (Wildman–Crippen LogP) is 3.18. The van der Waals surface area contributed by atoms with Crippen LogP contribution in [-0.4, -0.2) is 10.8 Å². The summed E-state index contributed by atoms with van der Waals surface area (Å²) in [6, 6.07) is 11.2. The van der Waals surface area contributed by atoms with E-state index in [2.05, 4.69) is 11.9 Å². The Labute approximate surface area is 101 Å². The molecule has 0 aliphatic carbocycles. The second-order valence-corrected chi connectivity index (χ2v) is 4.00. The lowest BCUT2D eigenvalue weighted by Gasteiger charge is -2.09. The molecular formula is C15H15NO. The second kappa shape index (κ2) is 4.91. The number of carbonyl (C=O) groups is 1. The van der Waals surface area contributed by atoms with Gasteiger partial charge in [0.1, 0.15) is 5.69 Å². The molecule has 2 aromatic rings. The zero-order chi connectivity index (χ0) is 12.3. The molecular weight excluding hydrogens is 210 g/mol. The molecule has 1 heterocycles. The van der Waals surface area contributed by atoms with E-state index in [1.807, 2.05) is 37.3 Å². The molecule has 0 aliphatic heterocycles. The molecule has 1 aromatic carbocycles. The van der Waals surface area contributed by atoms with Crippen molar-refractivity contribution < 1.29 is 4.79 Å².